The number of methoxy groups -OCH3 is 1. The monoisotopic (exact) mass is 247 g/mol. The first-order valence-electron chi connectivity index (χ1n) is 6.07. The summed E-state index contributed by atoms with van der Waals surface area (Å²) in [6, 6.07) is 5.55. The lowest BCUT2D eigenvalue weighted by Crippen LogP contribution is -1.96. The highest BCUT2D eigenvalue weighted by molar-refractivity contribution is 6.03. The van der Waals surface area contributed by atoms with E-state index in [0.717, 1.165) is 30.3 Å². The predicted octanol–water partition coefficient (Wildman–Crippen LogP) is 3.15. The molecule has 4 heteroatoms. The Balaban J connectivity index is 2.56. The summed E-state index contributed by atoms with van der Waals surface area (Å²) in [6.07, 6.45) is 3.83. The zero-order valence-corrected chi connectivity index (χ0v) is 10.6. The third-order valence-electron chi connectivity index (χ3n) is 3.07. The van der Waals surface area contributed by atoms with Gasteiger partial charge in [0.25, 0.3) is 0 Å². The first kappa shape index (κ1) is 12.5. The smallest absolute Gasteiger partial charge is 0.337 e. The van der Waals surface area contributed by atoms with E-state index in [4.69, 9.17) is 4.74 Å². The molecule has 1 aromatic carbocycles. The minimum atomic E-state index is -0.900. The quantitative estimate of drug-likeness (QED) is 0.883. The van der Waals surface area contributed by atoms with Gasteiger partial charge in [-0.1, -0.05) is 13.3 Å². The van der Waals surface area contributed by atoms with E-state index in [1.54, 1.807) is 19.4 Å². The van der Waals surface area contributed by atoms with Crippen LogP contribution in [0.2, 0.25) is 0 Å². The molecule has 1 heterocycles. The number of aromatic carboxylic acids is 1. The molecule has 1 aromatic heterocycles. The number of carboxylic acid groups (broad SMARTS) is 1. The normalized spacial score (nSPS) is 10.8. The van der Waals surface area contributed by atoms with Crippen LogP contribution in [0.4, 0.5) is 0 Å². The molecular formula is C14H17NO3. The van der Waals surface area contributed by atoms with Crippen LogP contribution in [0.1, 0.15) is 30.1 Å². The van der Waals surface area contributed by atoms with E-state index in [1.807, 2.05) is 16.7 Å². The van der Waals surface area contributed by atoms with Gasteiger partial charge in [0.15, 0.2) is 0 Å². The second-order valence-electron chi connectivity index (χ2n) is 4.28. The second kappa shape index (κ2) is 5.12. The van der Waals surface area contributed by atoms with Gasteiger partial charge in [0.05, 0.1) is 12.7 Å². The Hall–Kier alpha value is -1.97. The van der Waals surface area contributed by atoms with Gasteiger partial charge >= 0.3 is 5.97 Å². The third-order valence-corrected chi connectivity index (χ3v) is 3.07. The van der Waals surface area contributed by atoms with E-state index in [9.17, 15) is 9.90 Å². The number of benzene rings is 1. The first-order valence-corrected chi connectivity index (χ1v) is 6.07. The van der Waals surface area contributed by atoms with Crippen LogP contribution < -0.4 is 4.74 Å². The SMILES string of the molecule is CCCCn1cc(C(=O)O)c2cc(OC)ccc21. The van der Waals surface area contributed by atoms with Gasteiger partial charge in [0.1, 0.15) is 5.75 Å². The van der Waals surface area contributed by atoms with Gasteiger partial charge in [-0.2, -0.15) is 0 Å². The zero-order valence-electron chi connectivity index (χ0n) is 10.6. The maximum absolute atomic E-state index is 11.2. The maximum atomic E-state index is 11.2. The van der Waals surface area contributed by atoms with Crippen LogP contribution in [0.5, 0.6) is 5.75 Å². The summed E-state index contributed by atoms with van der Waals surface area (Å²) < 4.78 is 7.15. The molecule has 0 unspecified atom stereocenters. The average Bonchev–Trinajstić information content (AvgIpc) is 2.74. The summed E-state index contributed by atoms with van der Waals surface area (Å²) in [4.78, 5) is 11.2. The van der Waals surface area contributed by atoms with Crippen molar-refractivity contribution in [3.63, 3.8) is 0 Å². The van der Waals surface area contributed by atoms with Crippen molar-refractivity contribution in [2.75, 3.05) is 7.11 Å². The van der Waals surface area contributed by atoms with E-state index in [2.05, 4.69) is 6.92 Å². The highest BCUT2D eigenvalue weighted by atomic mass is 16.5. The Labute approximate surface area is 106 Å². The van der Waals surface area contributed by atoms with Crippen molar-refractivity contribution in [1.82, 2.24) is 4.57 Å². The van der Waals surface area contributed by atoms with Gasteiger partial charge in [0, 0.05) is 23.6 Å². The molecule has 0 aliphatic heterocycles. The molecule has 0 bridgehead atoms. The van der Waals surface area contributed by atoms with Crippen LogP contribution in [0.15, 0.2) is 24.4 Å². The lowest BCUT2D eigenvalue weighted by atomic mass is 10.1. The number of hydrogen-bond acceptors (Lipinski definition) is 2. The van der Waals surface area contributed by atoms with E-state index in [0.29, 0.717) is 11.3 Å². The number of aromatic nitrogens is 1. The molecule has 0 saturated carbocycles. The molecule has 96 valence electrons. The second-order valence-corrected chi connectivity index (χ2v) is 4.28. The number of unbranched alkanes of at least 4 members (excludes halogenated alkanes) is 1. The van der Waals surface area contributed by atoms with E-state index < -0.39 is 5.97 Å². The summed E-state index contributed by atoms with van der Waals surface area (Å²) in [5.41, 5.74) is 1.28. The molecular weight excluding hydrogens is 230 g/mol. The lowest BCUT2D eigenvalue weighted by Gasteiger charge is -2.04. The third kappa shape index (κ3) is 2.18. The summed E-state index contributed by atoms with van der Waals surface area (Å²) in [7, 11) is 1.58. The molecule has 4 nitrogen and oxygen atoms in total. The standard InChI is InChI=1S/C14H17NO3/c1-3-4-7-15-9-12(14(16)17)11-8-10(18-2)5-6-13(11)15/h5-6,8-9H,3-4,7H2,1-2H3,(H,16,17). The van der Waals surface area contributed by atoms with Crippen LogP contribution >= 0.6 is 0 Å². The molecule has 0 spiro atoms. The fraction of sp³-hybridized carbons (Fsp3) is 0.357. The van der Waals surface area contributed by atoms with Crippen LogP contribution in [0, 0.1) is 0 Å². The molecule has 1 N–H and O–H groups in total. The van der Waals surface area contributed by atoms with Crippen molar-refractivity contribution in [3.8, 4) is 5.75 Å². The highest BCUT2D eigenvalue weighted by Gasteiger charge is 2.14. The van der Waals surface area contributed by atoms with Crippen LogP contribution in [-0.2, 0) is 6.54 Å². The number of hydrogen-bond donors (Lipinski definition) is 1. The van der Waals surface area contributed by atoms with Crippen LogP contribution in [0.25, 0.3) is 10.9 Å². The largest absolute Gasteiger partial charge is 0.497 e. The van der Waals surface area contributed by atoms with E-state index in [1.165, 1.54) is 0 Å². The molecule has 0 aliphatic rings. The van der Waals surface area contributed by atoms with Crippen LogP contribution in [-0.4, -0.2) is 22.8 Å². The Morgan fingerprint density at radius 3 is 2.83 bits per heavy atom. The number of rotatable bonds is 5. The first-order chi connectivity index (χ1) is 8.67. The summed E-state index contributed by atoms with van der Waals surface area (Å²) in [5.74, 6) is -0.221. The predicted molar refractivity (Wildman–Crippen MR) is 70.4 cm³/mol. The number of carbonyl (C=O) groups is 1. The lowest BCUT2D eigenvalue weighted by molar-refractivity contribution is 0.0699. The van der Waals surface area contributed by atoms with E-state index >= 15 is 0 Å². The highest BCUT2D eigenvalue weighted by Crippen LogP contribution is 2.26. The Morgan fingerprint density at radius 2 is 2.22 bits per heavy atom. The fourth-order valence-corrected chi connectivity index (χ4v) is 2.09. The average molecular weight is 247 g/mol. The van der Waals surface area contributed by atoms with Gasteiger partial charge < -0.3 is 14.4 Å². The Kier molecular flexibility index (Phi) is 3.55. The Bertz CT molecular complexity index is 572. The van der Waals surface area contributed by atoms with Crippen molar-refractivity contribution in [2.45, 2.75) is 26.3 Å². The minimum Gasteiger partial charge on any atom is -0.497 e. The topological polar surface area (TPSA) is 51.5 Å². The van der Waals surface area contributed by atoms with Crippen molar-refractivity contribution in [1.29, 1.82) is 0 Å². The molecule has 2 rings (SSSR count). The molecule has 0 atom stereocenters. The molecule has 0 fully saturated rings. The molecule has 0 radical (unpaired) electrons. The summed E-state index contributed by atoms with van der Waals surface area (Å²) in [6.45, 7) is 2.96. The number of aryl methyl sites for hydroxylation is 1. The fourth-order valence-electron chi connectivity index (χ4n) is 2.09. The number of ether oxygens (including phenoxy) is 1. The van der Waals surface area contributed by atoms with Gasteiger partial charge in [0.2, 0.25) is 0 Å². The number of carboxylic acids is 1. The number of fused-ring (bicyclic) bond motifs is 1. The summed E-state index contributed by atoms with van der Waals surface area (Å²) in [5, 5.41) is 9.97. The van der Waals surface area contributed by atoms with Crippen molar-refractivity contribution in [2.24, 2.45) is 0 Å². The van der Waals surface area contributed by atoms with Crippen LogP contribution in [0.3, 0.4) is 0 Å². The summed E-state index contributed by atoms with van der Waals surface area (Å²) >= 11 is 0. The Morgan fingerprint density at radius 1 is 1.44 bits per heavy atom. The molecule has 0 saturated heterocycles. The molecule has 0 aliphatic carbocycles. The molecule has 2 aromatic rings. The van der Waals surface area contributed by atoms with Gasteiger partial charge in [-0.3, -0.25) is 0 Å². The minimum absolute atomic E-state index is 0.333. The number of nitrogens with zero attached hydrogens (tertiary/aromatic N) is 1. The zero-order chi connectivity index (χ0) is 13.1. The van der Waals surface area contributed by atoms with Gasteiger partial charge in [-0.25, -0.2) is 4.79 Å². The van der Waals surface area contributed by atoms with Crippen molar-refractivity contribution in [3.05, 3.63) is 30.0 Å². The van der Waals surface area contributed by atoms with Gasteiger partial charge in [-0.15, -0.1) is 0 Å². The molecule has 18 heavy (non-hydrogen) atoms. The van der Waals surface area contributed by atoms with E-state index in [-0.39, 0.29) is 0 Å². The van der Waals surface area contributed by atoms with Crippen molar-refractivity contribution >= 4 is 16.9 Å². The maximum Gasteiger partial charge on any atom is 0.337 e. The van der Waals surface area contributed by atoms with Gasteiger partial charge in [-0.05, 0) is 24.6 Å². The van der Waals surface area contributed by atoms with Crippen molar-refractivity contribution < 1.29 is 14.6 Å². The molecule has 0 amide bonds.